The molecule has 0 amide bonds. The van der Waals surface area contributed by atoms with Crippen molar-refractivity contribution < 1.29 is 4.74 Å². The van der Waals surface area contributed by atoms with Crippen LogP contribution in [0.4, 0.5) is 0 Å². The highest BCUT2D eigenvalue weighted by Gasteiger charge is 2.34. The molecular weight excluding hydrogens is 428 g/mol. The first kappa shape index (κ1) is 20.5. The average Bonchev–Trinajstić information content (AvgIpc) is 3.53. The van der Waals surface area contributed by atoms with Gasteiger partial charge in [-0.1, -0.05) is 51.7 Å². The molecule has 0 spiro atoms. The maximum absolute atomic E-state index is 6.02. The molecule has 0 N–H and O–H groups in total. The van der Waals surface area contributed by atoms with Crippen LogP contribution in [0.3, 0.4) is 0 Å². The maximum atomic E-state index is 6.02. The predicted molar refractivity (Wildman–Crippen MR) is 142 cm³/mol. The van der Waals surface area contributed by atoms with Gasteiger partial charge in [0.15, 0.2) is 0 Å². The Morgan fingerprint density at radius 3 is 1.94 bits per heavy atom. The van der Waals surface area contributed by atoms with Crippen molar-refractivity contribution in [1.82, 2.24) is 0 Å². The second kappa shape index (κ2) is 8.04. The van der Waals surface area contributed by atoms with Crippen molar-refractivity contribution in [1.29, 1.82) is 0 Å². The molecule has 0 atom stereocenters. The van der Waals surface area contributed by atoms with Gasteiger partial charge in [-0.25, -0.2) is 0 Å². The second-order valence-electron chi connectivity index (χ2n) is 9.24. The number of hydrogen-bond donors (Lipinski definition) is 0. The first-order valence-corrected chi connectivity index (χ1v) is 13.8. The predicted octanol–water partition coefficient (Wildman–Crippen LogP) is 9.73. The number of ether oxygens (including phenoxy) is 1. The summed E-state index contributed by atoms with van der Waals surface area (Å²) in [5, 5.41) is 2.88. The SMILES string of the molecule is CCCCCc1cc2c(s1)-c1ccc3c4c(c(OC)cc-2c14)-c1sc(CCCCC)cc1-3. The highest BCUT2D eigenvalue weighted by molar-refractivity contribution is 7.17. The van der Waals surface area contributed by atoms with Gasteiger partial charge in [-0.3, -0.25) is 0 Å². The Kier molecular flexibility index (Phi) is 5.15. The van der Waals surface area contributed by atoms with Crippen molar-refractivity contribution in [3.05, 3.63) is 40.1 Å². The summed E-state index contributed by atoms with van der Waals surface area (Å²) in [6.07, 6.45) is 10.2. The van der Waals surface area contributed by atoms with E-state index in [9.17, 15) is 0 Å². The lowest BCUT2D eigenvalue weighted by atomic mass is 9.97. The Morgan fingerprint density at radius 1 is 0.656 bits per heavy atom. The number of benzene rings is 2. The van der Waals surface area contributed by atoms with E-state index in [4.69, 9.17) is 4.74 Å². The van der Waals surface area contributed by atoms with Crippen molar-refractivity contribution in [3.8, 4) is 48.9 Å². The molecule has 2 heterocycles. The zero-order valence-corrected chi connectivity index (χ0v) is 20.9. The molecule has 32 heavy (non-hydrogen) atoms. The average molecular weight is 459 g/mol. The topological polar surface area (TPSA) is 9.23 Å². The van der Waals surface area contributed by atoms with Crippen molar-refractivity contribution in [2.45, 2.75) is 65.2 Å². The van der Waals surface area contributed by atoms with Crippen LogP contribution in [-0.4, -0.2) is 7.11 Å². The van der Waals surface area contributed by atoms with Gasteiger partial charge in [-0.15, -0.1) is 22.7 Å². The summed E-state index contributed by atoms with van der Waals surface area (Å²) in [5.74, 6) is 1.04. The monoisotopic (exact) mass is 458 g/mol. The van der Waals surface area contributed by atoms with Gasteiger partial charge in [-0.05, 0) is 60.4 Å². The fourth-order valence-electron chi connectivity index (χ4n) is 5.57. The molecule has 0 saturated carbocycles. The Morgan fingerprint density at radius 2 is 1.28 bits per heavy atom. The molecule has 6 rings (SSSR count). The van der Waals surface area contributed by atoms with E-state index < -0.39 is 0 Å². The normalized spacial score (nSPS) is 12.6. The Hall–Kier alpha value is -2.10. The summed E-state index contributed by atoms with van der Waals surface area (Å²) in [5.41, 5.74) is 8.41. The minimum absolute atomic E-state index is 1.04. The standard InChI is InChI=1S/C29H30OS2/c1-4-6-8-10-17-15-23-21-16-24(30-3)27-26-19(12-13-20(25(21)26)28(23)31-17)22-14-18(32-29(22)27)11-9-7-5-2/h12-16H,4-11H2,1-3H3. The van der Waals surface area contributed by atoms with Gasteiger partial charge >= 0.3 is 0 Å². The van der Waals surface area contributed by atoms with Gasteiger partial charge in [0.1, 0.15) is 5.75 Å². The maximum Gasteiger partial charge on any atom is 0.128 e. The number of methoxy groups -OCH3 is 1. The summed E-state index contributed by atoms with van der Waals surface area (Å²) in [6.45, 7) is 4.56. The lowest BCUT2D eigenvalue weighted by molar-refractivity contribution is 0.417. The molecule has 2 aromatic heterocycles. The minimum Gasteiger partial charge on any atom is -0.496 e. The molecule has 0 bridgehead atoms. The Bertz CT molecular complexity index is 1340. The molecule has 0 fully saturated rings. The Balaban J connectivity index is 1.47. The number of fused-ring (bicyclic) bond motifs is 6. The molecule has 1 nitrogen and oxygen atoms in total. The number of aryl methyl sites for hydroxylation is 2. The largest absolute Gasteiger partial charge is 0.496 e. The zero-order chi connectivity index (χ0) is 21.8. The van der Waals surface area contributed by atoms with Crippen LogP contribution in [-0.2, 0) is 12.8 Å². The smallest absolute Gasteiger partial charge is 0.128 e. The summed E-state index contributed by atoms with van der Waals surface area (Å²) in [4.78, 5) is 5.93. The number of rotatable bonds is 9. The van der Waals surface area contributed by atoms with Gasteiger partial charge in [0, 0.05) is 47.1 Å². The van der Waals surface area contributed by atoms with Crippen LogP contribution in [0.2, 0.25) is 0 Å². The summed E-state index contributed by atoms with van der Waals surface area (Å²) in [6, 6.07) is 12.0. The van der Waals surface area contributed by atoms with Crippen molar-refractivity contribution in [2.75, 3.05) is 7.11 Å². The van der Waals surface area contributed by atoms with Crippen LogP contribution in [0.25, 0.3) is 53.9 Å². The molecule has 2 aliphatic carbocycles. The molecule has 0 unspecified atom stereocenters. The van der Waals surface area contributed by atoms with Crippen LogP contribution < -0.4 is 4.74 Å². The first-order chi connectivity index (χ1) is 15.7. The van der Waals surface area contributed by atoms with Gasteiger partial charge in [0.05, 0.1) is 7.11 Å². The number of thiophene rings is 2. The molecule has 4 aromatic rings. The zero-order valence-electron chi connectivity index (χ0n) is 19.3. The number of hydrogen-bond acceptors (Lipinski definition) is 3. The fraction of sp³-hybridized carbons (Fsp3) is 0.379. The number of unbranched alkanes of at least 4 members (excludes halogenated alkanes) is 4. The van der Waals surface area contributed by atoms with Crippen molar-refractivity contribution in [3.63, 3.8) is 0 Å². The third-order valence-corrected chi connectivity index (χ3v) is 9.58. The molecular formula is C29H30OS2. The molecule has 0 aliphatic heterocycles. The van der Waals surface area contributed by atoms with Crippen LogP contribution in [0.15, 0.2) is 30.3 Å². The summed E-state index contributed by atoms with van der Waals surface area (Å²) >= 11 is 3.99. The lowest BCUT2D eigenvalue weighted by Crippen LogP contribution is -1.88. The van der Waals surface area contributed by atoms with Crippen LogP contribution in [0.1, 0.15) is 62.1 Å². The van der Waals surface area contributed by atoms with Crippen LogP contribution in [0.5, 0.6) is 5.75 Å². The van der Waals surface area contributed by atoms with Crippen LogP contribution in [0, 0.1) is 0 Å². The Labute approximate surface area is 199 Å². The highest BCUT2D eigenvalue weighted by atomic mass is 32.1. The molecule has 0 saturated heterocycles. The summed E-state index contributed by atoms with van der Waals surface area (Å²) in [7, 11) is 1.83. The van der Waals surface area contributed by atoms with E-state index in [1.807, 2.05) is 29.8 Å². The highest BCUT2D eigenvalue weighted by Crippen LogP contribution is 2.61. The van der Waals surface area contributed by atoms with E-state index in [-0.39, 0.29) is 0 Å². The van der Waals surface area contributed by atoms with Gasteiger partial charge in [0.2, 0.25) is 0 Å². The van der Waals surface area contributed by atoms with Crippen molar-refractivity contribution in [2.24, 2.45) is 0 Å². The molecule has 2 aromatic carbocycles. The van der Waals surface area contributed by atoms with Gasteiger partial charge in [-0.2, -0.15) is 0 Å². The molecule has 0 radical (unpaired) electrons. The third kappa shape index (κ3) is 2.94. The minimum atomic E-state index is 1.04. The third-order valence-electron chi connectivity index (χ3n) is 7.14. The van der Waals surface area contributed by atoms with E-state index in [2.05, 4.69) is 44.2 Å². The van der Waals surface area contributed by atoms with Crippen LogP contribution >= 0.6 is 22.7 Å². The molecule has 2 aliphatic rings. The van der Waals surface area contributed by atoms with E-state index in [1.54, 1.807) is 0 Å². The molecule has 164 valence electrons. The van der Waals surface area contributed by atoms with E-state index in [0.717, 1.165) is 5.75 Å². The van der Waals surface area contributed by atoms with E-state index >= 15 is 0 Å². The molecule has 3 heteroatoms. The van der Waals surface area contributed by atoms with Gasteiger partial charge < -0.3 is 4.74 Å². The summed E-state index contributed by atoms with van der Waals surface area (Å²) < 4.78 is 6.02. The first-order valence-electron chi connectivity index (χ1n) is 12.2. The fourth-order valence-corrected chi connectivity index (χ4v) is 8.08. The van der Waals surface area contributed by atoms with E-state index in [0.29, 0.717) is 0 Å². The second-order valence-corrected chi connectivity index (χ2v) is 11.5. The lowest BCUT2D eigenvalue weighted by Gasteiger charge is -2.12. The van der Waals surface area contributed by atoms with Crippen molar-refractivity contribution >= 4 is 33.4 Å². The van der Waals surface area contributed by atoms with E-state index in [1.165, 1.54) is 115 Å². The van der Waals surface area contributed by atoms with Gasteiger partial charge in [0.25, 0.3) is 0 Å². The quantitative estimate of drug-likeness (QED) is 0.196.